The Morgan fingerprint density at radius 3 is 2.73 bits per heavy atom. The molecular formula is C18H18ClFN4OS. The summed E-state index contributed by atoms with van der Waals surface area (Å²) < 4.78 is 13.3. The number of halogens is 2. The zero-order chi connectivity index (χ0) is 18.7. The predicted octanol–water partition coefficient (Wildman–Crippen LogP) is 5.60. The molecule has 3 rings (SSSR count). The molecule has 0 atom stereocenters. The Bertz CT molecular complexity index is 942. The van der Waals surface area contributed by atoms with Gasteiger partial charge in [-0.3, -0.25) is 4.79 Å². The largest absolute Gasteiger partial charge is 0.340 e. The number of carbonyl (C=O) groups is 1. The summed E-state index contributed by atoms with van der Waals surface area (Å²) in [4.78, 5) is 21.5. The van der Waals surface area contributed by atoms with E-state index < -0.39 is 5.82 Å². The summed E-state index contributed by atoms with van der Waals surface area (Å²) in [6.07, 6.45) is 3.04. The Kier molecular flexibility index (Phi) is 5.68. The minimum atomic E-state index is -0.480. The van der Waals surface area contributed by atoms with Crippen molar-refractivity contribution < 1.29 is 9.18 Å². The van der Waals surface area contributed by atoms with Crippen LogP contribution < -0.4 is 10.6 Å². The molecule has 0 bridgehead atoms. The summed E-state index contributed by atoms with van der Waals surface area (Å²) in [6.45, 7) is 4.00. The number of amides is 1. The Morgan fingerprint density at radius 2 is 2.04 bits per heavy atom. The van der Waals surface area contributed by atoms with Crippen LogP contribution in [-0.4, -0.2) is 15.9 Å². The molecule has 0 aliphatic rings. The molecular weight excluding hydrogens is 375 g/mol. The maximum atomic E-state index is 13.3. The fourth-order valence-corrected chi connectivity index (χ4v) is 3.69. The summed E-state index contributed by atoms with van der Waals surface area (Å²) in [5.74, 6) is 0.0866. The maximum Gasteiger partial charge on any atom is 0.228 e. The van der Waals surface area contributed by atoms with E-state index in [0.717, 1.165) is 28.1 Å². The van der Waals surface area contributed by atoms with Crippen molar-refractivity contribution in [1.82, 2.24) is 9.97 Å². The van der Waals surface area contributed by atoms with Crippen LogP contribution in [0.5, 0.6) is 0 Å². The first-order valence-corrected chi connectivity index (χ1v) is 9.48. The van der Waals surface area contributed by atoms with E-state index in [1.54, 1.807) is 6.07 Å². The fraction of sp³-hybridized carbons (Fsp3) is 0.278. The Balaban J connectivity index is 1.87. The van der Waals surface area contributed by atoms with E-state index in [4.69, 9.17) is 11.6 Å². The Morgan fingerprint density at radius 1 is 1.27 bits per heavy atom. The highest BCUT2D eigenvalue weighted by Gasteiger charge is 2.16. The lowest BCUT2D eigenvalue weighted by atomic mass is 10.0. The van der Waals surface area contributed by atoms with Crippen molar-refractivity contribution in [2.75, 3.05) is 10.6 Å². The molecule has 0 radical (unpaired) electrons. The molecule has 8 heteroatoms. The SMILES string of the molecule is CCC(CC)C(=O)Nc1cc2c(Nc3ccc(F)c(Cl)c3)ncnc2s1. The summed E-state index contributed by atoms with van der Waals surface area (Å²) in [6, 6.07) is 6.20. The van der Waals surface area contributed by atoms with Gasteiger partial charge in [0.25, 0.3) is 0 Å². The fourth-order valence-electron chi connectivity index (χ4n) is 2.61. The van der Waals surface area contributed by atoms with E-state index in [2.05, 4.69) is 20.6 Å². The molecule has 2 aromatic heterocycles. The molecule has 5 nitrogen and oxygen atoms in total. The van der Waals surface area contributed by atoms with Crippen molar-refractivity contribution in [2.45, 2.75) is 26.7 Å². The van der Waals surface area contributed by atoms with Gasteiger partial charge in [-0.1, -0.05) is 36.8 Å². The predicted molar refractivity (Wildman–Crippen MR) is 105 cm³/mol. The minimum absolute atomic E-state index is 0.00865. The average Bonchev–Trinajstić information content (AvgIpc) is 3.02. The van der Waals surface area contributed by atoms with Gasteiger partial charge in [-0.05, 0) is 37.1 Å². The molecule has 0 aliphatic heterocycles. The Labute approximate surface area is 159 Å². The van der Waals surface area contributed by atoms with Crippen molar-refractivity contribution in [1.29, 1.82) is 0 Å². The van der Waals surface area contributed by atoms with E-state index in [9.17, 15) is 9.18 Å². The van der Waals surface area contributed by atoms with Crippen molar-refractivity contribution in [3.05, 3.63) is 41.4 Å². The van der Waals surface area contributed by atoms with Crippen LogP contribution in [0, 0.1) is 11.7 Å². The molecule has 0 unspecified atom stereocenters. The van der Waals surface area contributed by atoms with E-state index in [1.165, 1.54) is 29.8 Å². The van der Waals surface area contributed by atoms with Gasteiger partial charge in [-0.2, -0.15) is 0 Å². The first-order chi connectivity index (χ1) is 12.5. The lowest BCUT2D eigenvalue weighted by molar-refractivity contribution is -0.120. The summed E-state index contributed by atoms with van der Waals surface area (Å²) in [5.41, 5.74) is 0.616. The average molecular weight is 393 g/mol. The minimum Gasteiger partial charge on any atom is -0.340 e. The number of benzene rings is 1. The number of hydrogen-bond donors (Lipinski definition) is 2. The Hall–Kier alpha value is -2.25. The third-order valence-electron chi connectivity index (χ3n) is 4.11. The molecule has 0 saturated heterocycles. The first-order valence-electron chi connectivity index (χ1n) is 8.29. The molecule has 0 fully saturated rings. The lowest BCUT2D eigenvalue weighted by Gasteiger charge is -2.10. The summed E-state index contributed by atoms with van der Waals surface area (Å²) in [7, 11) is 0. The zero-order valence-corrected chi connectivity index (χ0v) is 15.9. The smallest absolute Gasteiger partial charge is 0.228 e. The second-order valence-electron chi connectivity index (χ2n) is 5.81. The number of hydrogen-bond acceptors (Lipinski definition) is 5. The van der Waals surface area contributed by atoms with Crippen molar-refractivity contribution >= 4 is 55.6 Å². The van der Waals surface area contributed by atoms with Gasteiger partial charge in [0, 0.05) is 11.6 Å². The molecule has 26 heavy (non-hydrogen) atoms. The van der Waals surface area contributed by atoms with Gasteiger partial charge >= 0.3 is 0 Å². The van der Waals surface area contributed by atoms with Gasteiger partial charge in [-0.25, -0.2) is 14.4 Å². The van der Waals surface area contributed by atoms with E-state index in [0.29, 0.717) is 11.5 Å². The zero-order valence-electron chi connectivity index (χ0n) is 14.3. The van der Waals surface area contributed by atoms with Gasteiger partial charge in [-0.15, -0.1) is 0 Å². The van der Waals surface area contributed by atoms with Gasteiger partial charge in [0.2, 0.25) is 5.91 Å². The lowest BCUT2D eigenvalue weighted by Crippen LogP contribution is -2.20. The highest BCUT2D eigenvalue weighted by atomic mass is 35.5. The molecule has 0 saturated carbocycles. The van der Waals surface area contributed by atoms with Crippen LogP contribution >= 0.6 is 22.9 Å². The number of rotatable bonds is 6. The summed E-state index contributed by atoms with van der Waals surface area (Å²) in [5, 5.41) is 7.60. The third-order valence-corrected chi connectivity index (χ3v) is 5.36. The molecule has 0 spiro atoms. The van der Waals surface area contributed by atoms with E-state index in [-0.39, 0.29) is 16.8 Å². The second-order valence-corrected chi connectivity index (χ2v) is 7.25. The van der Waals surface area contributed by atoms with Gasteiger partial charge in [0.15, 0.2) is 0 Å². The highest BCUT2D eigenvalue weighted by molar-refractivity contribution is 7.22. The molecule has 1 amide bonds. The first kappa shape index (κ1) is 18.5. The number of carbonyl (C=O) groups excluding carboxylic acids is 1. The van der Waals surface area contributed by atoms with Crippen molar-refractivity contribution in [3.8, 4) is 0 Å². The quantitative estimate of drug-likeness (QED) is 0.572. The van der Waals surface area contributed by atoms with Gasteiger partial charge in [0.05, 0.1) is 15.4 Å². The third kappa shape index (κ3) is 3.94. The van der Waals surface area contributed by atoms with Crippen LogP contribution in [0.2, 0.25) is 5.02 Å². The number of anilines is 3. The van der Waals surface area contributed by atoms with Crippen LogP contribution in [0.4, 0.5) is 20.9 Å². The number of fused-ring (bicyclic) bond motifs is 1. The topological polar surface area (TPSA) is 66.9 Å². The number of aromatic nitrogens is 2. The summed E-state index contributed by atoms with van der Waals surface area (Å²) >= 11 is 7.21. The maximum absolute atomic E-state index is 13.3. The van der Waals surface area contributed by atoms with Crippen LogP contribution in [0.1, 0.15) is 26.7 Å². The van der Waals surface area contributed by atoms with Crippen LogP contribution in [0.25, 0.3) is 10.2 Å². The van der Waals surface area contributed by atoms with Crippen molar-refractivity contribution in [2.24, 2.45) is 5.92 Å². The second kappa shape index (κ2) is 7.97. The molecule has 2 N–H and O–H groups in total. The molecule has 2 heterocycles. The number of nitrogens with one attached hydrogen (secondary N) is 2. The van der Waals surface area contributed by atoms with Crippen molar-refractivity contribution in [3.63, 3.8) is 0 Å². The molecule has 0 aliphatic carbocycles. The van der Waals surface area contributed by atoms with Crippen LogP contribution in [0.15, 0.2) is 30.6 Å². The highest BCUT2D eigenvalue weighted by Crippen LogP contribution is 2.34. The van der Waals surface area contributed by atoms with Gasteiger partial charge < -0.3 is 10.6 Å². The van der Waals surface area contributed by atoms with Crippen LogP contribution in [0.3, 0.4) is 0 Å². The standard InChI is InChI=1S/C18H18ClFN4OS/c1-3-10(4-2)17(25)24-15-8-12-16(21-9-22-18(12)26-15)23-11-5-6-14(20)13(19)7-11/h5-10H,3-4H2,1-2H3,(H,24,25)(H,21,22,23). The molecule has 136 valence electrons. The number of nitrogens with zero attached hydrogens (tertiary/aromatic N) is 2. The van der Waals surface area contributed by atoms with E-state index in [1.807, 2.05) is 19.9 Å². The molecule has 3 aromatic rings. The van der Waals surface area contributed by atoms with E-state index >= 15 is 0 Å². The van der Waals surface area contributed by atoms with Crippen LogP contribution in [-0.2, 0) is 4.79 Å². The van der Waals surface area contributed by atoms with Gasteiger partial charge in [0.1, 0.15) is 22.8 Å². The normalized spacial score (nSPS) is 11.1. The number of thiophene rings is 1. The molecule has 1 aromatic carbocycles. The monoisotopic (exact) mass is 392 g/mol.